The highest BCUT2D eigenvalue weighted by molar-refractivity contribution is 9.10. The Morgan fingerprint density at radius 3 is 2.42 bits per heavy atom. The predicted molar refractivity (Wildman–Crippen MR) is 127 cm³/mol. The molecule has 0 saturated carbocycles. The third-order valence-electron chi connectivity index (χ3n) is 4.05. The Hall–Kier alpha value is -2.99. The van der Waals surface area contributed by atoms with E-state index in [2.05, 4.69) is 26.5 Å². The first kappa shape index (κ1) is 24.6. The summed E-state index contributed by atoms with van der Waals surface area (Å²) < 4.78 is 31.0. The van der Waals surface area contributed by atoms with Crippen molar-refractivity contribution in [1.29, 1.82) is 0 Å². The van der Waals surface area contributed by atoms with Crippen LogP contribution < -0.4 is 9.61 Å². The van der Waals surface area contributed by atoms with Gasteiger partial charge in [0.25, 0.3) is 11.6 Å². The second-order valence-corrected chi connectivity index (χ2v) is 9.60. The molecule has 3 aromatic carbocycles. The largest absolute Gasteiger partial charge is 0.378 e. The van der Waals surface area contributed by atoms with Gasteiger partial charge in [-0.15, -0.1) is 0 Å². The van der Waals surface area contributed by atoms with Crippen LogP contribution in [0.15, 0.2) is 75.1 Å². The van der Waals surface area contributed by atoms with Crippen LogP contribution >= 0.6 is 39.1 Å². The number of hydrogen-bond acceptors (Lipinski definition) is 7. The van der Waals surface area contributed by atoms with E-state index in [1.165, 1.54) is 36.5 Å². The molecule has 0 bridgehead atoms. The lowest BCUT2D eigenvalue weighted by Crippen LogP contribution is -2.18. The quantitative estimate of drug-likeness (QED) is 0.179. The molecule has 0 aliphatic carbocycles. The zero-order valence-electron chi connectivity index (χ0n) is 16.2. The minimum Gasteiger partial charge on any atom is -0.378 e. The minimum absolute atomic E-state index is 0.0842. The van der Waals surface area contributed by atoms with E-state index < -0.39 is 20.9 Å². The van der Waals surface area contributed by atoms with Crippen LogP contribution in [0, 0.1) is 10.1 Å². The van der Waals surface area contributed by atoms with E-state index in [1.807, 2.05) is 0 Å². The van der Waals surface area contributed by atoms with Crippen molar-refractivity contribution >= 4 is 67.1 Å². The van der Waals surface area contributed by atoms with E-state index in [1.54, 1.807) is 6.07 Å². The molecule has 33 heavy (non-hydrogen) atoms. The first-order valence-corrected chi connectivity index (χ1v) is 11.8. The summed E-state index contributed by atoms with van der Waals surface area (Å²) in [5.41, 5.74) is 2.39. The number of carbonyl (C=O) groups excluding carboxylic acids is 1. The number of rotatable bonds is 7. The molecular weight excluding hydrogens is 561 g/mol. The summed E-state index contributed by atoms with van der Waals surface area (Å²) in [5, 5.41) is 15.1. The molecule has 0 aliphatic heterocycles. The molecule has 0 radical (unpaired) electrons. The van der Waals surface area contributed by atoms with E-state index in [4.69, 9.17) is 27.4 Å². The van der Waals surface area contributed by atoms with E-state index in [9.17, 15) is 23.3 Å². The molecule has 1 amide bonds. The lowest BCUT2D eigenvalue weighted by atomic mass is 10.2. The first-order valence-electron chi connectivity index (χ1n) is 8.84. The summed E-state index contributed by atoms with van der Waals surface area (Å²) in [6, 6.07) is 13.0. The van der Waals surface area contributed by atoms with Crippen LogP contribution in [0.1, 0.15) is 15.9 Å². The molecule has 3 rings (SSSR count). The standard InChI is InChI=1S/C20H12BrCl2N3O6S/c21-13-1-8-19(32-33(30,31)16-5-3-15(4-6-16)26(28)29)12(9-13)11-24-25-20(27)17-7-2-14(22)10-18(17)23/h1-11H,(H,25,27)/b24-11+. The van der Waals surface area contributed by atoms with Gasteiger partial charge in [-0.05, 0) is 48.5 Å². The van der Waals surface area contributed by atoms with Gasteiger partial charge in [0, 0.05) is 27.2 Å². The Morgan fingerprint density at radius 2 is 1.79 bits per heavy atom. The van der Waals surface area contributed by atoms with Gasteiger partial charge in [-0.25, -0.2) is 5.43 Å². The normalized spacial score (nSPS) is 11.4. The monoisotopic (exact) mass is 571 g/mol. The van der Waals surface area contributed by atoms with E-state index in [0.717, 1.165) is 24.3 Å². The predicted octanol–water partition coefficient (Wildman–Crippen LogP) is 5.20. The highest BCUT2D eigenvalue weighted by atomic mass is 79.9. The number of nitrogens with zero attached hydrogens (tertiary/aromatic N) is 2. The van der Waals surface area contributed by atoms with E-state index in [-0.39, 0.29) is 32.5 Å². The molecule has 0 aromatic heterocycles. The molecule has 3 aromatic rings. The van der Waals surface area contributed by atoms with Crippen molar-refractivity contribution < 1.29 is 22.3 Å². The van der Waals surface area contributed by atoms with Crippen LogP contribution in [0.3, 0.4) is 0 Å². The summed E-state index contributed by atoms with van der Waals surface area (Å²) in [7, 11) is -4.30. The maximum Gasteiger partial charge on any atom is 0.339 e. The molecule has 0 saturated heterocycles. The van der Waals surface area contributed by atoms with Gasteiger partial charge in [-0.1, -0.05) is 39.1 Å². The van der Waals surface area contributed by atoms with Crippen LogP contribution in [-0.2, 0) is 10.1 Å². The van der Waals surface area contributed by atoms with Crippen molar-refractivity contribution in [2.45, 2.75) is 4.90 Å². The van der Waals surface area contributed by atoms with Crippen LogP contribution in [-0.4, -0.2) is 25.5 Å². The number of nitrogens with one attached hydrogen (secondary N) is 1. The third kappa shape index (κ3) is 6.29. The highest BCUT2D eigenvalue weighted by Crippen LogP contribution is 2.26. The van der Waals surface area contributed by atoms with Gasteiger partial charge in [0.05, 0.1) is 21.7 Å². The molecule has 0 aliphatic rings. The molecule has 0 spiro atoms. The summed E-state index contributed by atoms with van der Waals surface area (Å²) >= 11 is 15.1. The number of carbonyl (C=O) groups is 1. The summed E-state index contributed by atoms with van der Waals surface area (Å²) in [6.45, 7) is 0. The maximum atomic E-state index is 12.6. The fourth-order valence-electron chi connectivity index (χ4n) is 2.49. The zero-order chi connectivity index (χ0) is 24.2. The number of non-ortho nitro benzene ring substituents is 1. The molecule has 0 atom stereocenters. The fraction of sp³-hybridized carbons (Fsp3) is 0. The second kappa shape index (κ2) is 10.3. The minimum atomic E-state index is -4.30. The number of hydrazone groups is 1. The number of amides is 1. The molecule has 9 nitrogen and oxygen atoms in total. The van der Waals surface area contributed by atoms with Crippen molar-refractivity contribution in [3.05, 3.63) is 96.4 Å². The molecule has 13 heteroatoms. The Labute approximate surface area is 206 Å². The molecule has 170 valence electrons. The second-order valence-electron chi connectivity index (χ2n) is 6.29. The van der Waals surface area contributed by atoms with Crippen LogP contribution in [0.2, 0.25) is 10.0 Å². The van der Waals surface area contributed by atoms with Crippen molar-refractivity contribution in [1.82, 2.24) is 5.43 Å². The highest BCUT2D eigenvalue weighted by Gasteiger charge is 2.20. The molecule has 0 fully saturated rings. The Balaban J connectivity index is 1.81. The molecular formula is C20H12BrCl2N3O6S. The molecule has 1 N–H and O–H groups in total. The number of nitro benzene ring substituents is 1. The van der Waals surface area contributed by atoms with Gasteiger partial charge in [0.1, 0.15) is 4.90 Å². The van der Waals surface area contributed by atoms with Crippen molar-refractivity contribution in [2.24, 2.45) is 5.10 Å². The van der Waals surface area contributed by atoms with Gasteiger partial charge >= 0.3 is 10.1 Å². The van der Waals surface area contributed by atoms with Crippen LogP contribution in [0.4, 0.5) is 5.69 Å². The Bertz CT molecular complexity index is 1360. The van der Waals surface area contributed by atoms with E-state index in [0.29, 0.717) is 9.50 Å². The van der Waals surface area contributed by atoms with Crippen molar-refractivity contribution in [2.75, 3.05) is 0 Å². The van der Waals surface area contributed by atoms with Gasteiger partial charge < -0.3 is 4.18 Å². The number of halogens is 3. The fourth-order valence-corrected chi connectivity index (χ4v) is 4.32. The topological polar surface area (TPSA) is 128 Å². The number of nitro groups is 1. The lowest BCUT2D eigenvalue weighted by Gasteiger charge is -2.10. The van der Waals surface area contributed by atoms with Gasteiger partial charge in [0.2, 0.25) is 0 Å². The van der Waals surface area contributed by atoms with E-state index >= 15 is 0 Å². The Kier molecular flexibility index (Phi) is 7.69. The smallest absolute Gasteiger partial charge is 0.339 e. The number of hydrogen-bond donors (Lipinski definition) is 1. The van der Waals surface area contributed by atoms with Crippen molar-refractivity contribution in [3.8, 4) is 5.75 Å². The average molecular weight is 573 g/mol. The average Bonchev–Trinajstić information content (AvgIpc) is 2.75. The van der Waals surface area contributed by atoms with Crippen LogP contribution in [0.5, 0.6) is 5.75 Å². The third-order valence-corrected chi connectivity index (χ3v) is 6.34. The molecule has 0 heterocycles. The summed E-state index contributed by atoms with van der Waals surface area (Å²) in [6.07, 6.45) is 1.19. The van der Waals surface area contributed by atoms with Gasteiger partial charge in [-0.2, -0.15) is 13.5 Å². The Morgan fingerprint density at radius 1 is 1.09 bits per heavy atom. The van der Waals surface area contributed by atoms with Gasteiger partial charge in [-0.3, -0.25) is 14.9 Å². The van der Waals surface area contributed by atoms with Crippen molar-refractivity contribution in [3.63, 3.8) is 0 Å². The number of benzene rings is 3. The zero-order valence-corrected chi connectivity index (χ0v) is 20.2. The van der Waals surface area contributed by atoms with Gasteiger partial charge in [0.15, 0.2) is 5.75 Å². The summed E-state index contributed by atoms with van der Waals surface area (Å²) in [4.78, 5) is 22.1. The van der Waals surface area contributed by atoms with Crippen LogP contribution in [0.25, 0.3) is 0 Å². The molecule has 0 unspecified atom stereocenters. The summed E-state index contributed by atoms with van der Waals surface area (Å²) in [5.74, 6) is -0.692. The lowest BCUT2D eigenvalue weighted by molar-refractivity contribution is -0.384. The first-order chi connectivity index (χ1) is 15.6. The SMILES string of the molecule is O=C(N/N=C/c1cc(Br)ccc1OS(=O)(=O)c1ccc([N+](=O)[O-])cc1)c1ccc(Cl)cc1Cl. The maximum absolute atomic E-state index is 12.6.